The van der Waals surface area contributed by atoms with Crippen LogP contribution in [-0.4, -0.2) is 22.8 Å². The molecule has 26 heavy (non-hydrogen) atoms. The molecule has 0 aliphatic rings. The smallest absolute Gasteiger partial charge is 0.324 e. The number of ether oxygens (including phenoxy) is 1. The number of anilines is 2. The molecule has 9 heteroatoms. The number of aromatic nitrogens is 2. The summed E-state index contributed by atoms with van der Waals surface area (Å²) in [5, 5.41) is 11.7. The molecule has 3 aromatic rings. The summed E-state index contributed by atoms with van der Waals surface area (Å²) in [6.07, 6.45) is 1.59. The molecule has 0 aliphatic carbocycles. The molecule has 0 saturated heterocycles. The summed E-state index contributed by atoms with van der Waals surface area (Å²) < 4.78 is 45.2. The Morgan fingerprint density at radius 1 is 1.19 bits per heavy atom. The number of fused-ring (bicyclic) bond motifs is 1. The SMILES string of the molecule is C=CCOc1ccc2[nH]nc(NC(=O)Nc3ccc(F)c(F)c3F)c2c1. The van der Waals surface area contributed by atoms with Crippen molar-refractivity contribution in [1.82, 2.24) is 10.2 Å². The van der Waals surface area contributed by atoms with Gasteiger partial charge >= 0.3 is 6.03 Å². The highest BCUT2D eigenvalue weighted by atomic mass is 19.2. The fourth-order valence-corrected chi connectivity index (χ4v) is 2.22. The van der Waals surface area contributed by atoms with Crippen LogP contribution in [0.3, 0.4) is 0 Å². The van der Waals surface area contributed by atoms with Crippen LogP contribution in [0, 0.1) is 17.5 Å². The van der Waals surface area contributed by atoms with Gasteiger partial charge in [-0.2, -0.15) is 5.10 Å². The van der Waals surface area contributed by atoms with Gasteiger partial charge in [0.15, 0.2) is 23.3 Å². The molecule has 0 unspecified atom stereocenters. The first-order valence-corrected chi connectivity index (χ1v) is 7.43. The molecular formula is C17H13F3N4O2. The lowest BCUT2D eigenvalue weighted by Gasteiger charge is -2.08. The standard InChI is InChI=1S/C17H13F3N4O2/c1-2-7-26-9-3-5-12-10(8-9)16(24-23-12)22-17(25)21-13-6-4-11(18)14(19)15(13)20/h2-6,8H,1,7H2,(H3,21,22,23,24,25). The molecule has 0 atom stereocenters. The number of amides is 2. The molecule has 0 bridgehead atoms. The average Bonchev–Trinajstić information content (AvgIpc) is 3.02. The van der Waals surface area contributed by atoms with Gasteiger partial charge in [0, 0.05) is 5.39 Å². The van der Waals surface area contributed by atoms with Crippen molar-refractivity contribution in [2.75, 3.05) is 17.2 Å². The van der Waals surface area contributed by atoms with E-state index in [4.69, 9.17) is 4.74 Å². The zero-order valence-electron chi connectivity index (χ0n) is 13.3. The number of carbonyl (C=O) groups is 1. The lowest BCUT2D eigenvalue weighted by Crippen LogP contribution is -2.21. The van der Waals surface area contributed by atoms with E-state index < -0.39 is 29.2 Å². The van der Waals surface area contributed by atoms with Crippen LogP contribution in [0.25, 0.3) is 10.9 Å². The third kappa shape index (κ3) is 3.46. The molecule has 2 amide bonds. The molecule has 1 heterocycles. The van der Waals surface area contributed by atoms with Gasteiger partial charge in [0.25, 0.3) is 0 Å². The Morgan fingerprint density at radius 2 is 2.00 bits per heavy atom. The van der Waals surface area contributed by atoms with Crippen molar-refractivity contribution in [2.45, 2.75) is 0 Å². The van der Waals surface area contributed by atoms with E-state index in [9.17, 15) is 18.0 Å². The molecular weight excluding hydrogens is 349 g/mol. The molecule has 0 fully saturated rings. The summed E-state index contributed by atoms with van der Waals surface area (Å²) >= 11 is 0. The monoisotopic (exact) mass is 362 g/mol. The Hall–Kier alpha value is -3.49. The van der Waals surface area contributed by atoms with E-state index in [1.54, 1.807) is 24.3 Å². The van der Waals surface area contributed by atoms with Crippen molar-refractivity contribution in [2.24, 2.45) is 0 Å². The summed E-state index contributed by atoms with van der Waals surface area (Å²) in [7, 11) is 0. The first-order valence-electron chi connectivity index (χ1n) is 7.43. The third-order valence-corrected chi connectivity index (χ3v) is 3.42. The van der Waals surface area contributed by atoms with E-state index in [1.165, 1.54) is 0 Å². The summed E-state index contributed by atoms with van der Waals surface area (Å²) in [5.74, 6) is -3.82. The highest BCUT2D eigenvalue weighted by Gasteiger charge is 2.16. The summed E-state index contributed by atoms with van der Waals surface area (Å²) in [4.78, 5) is 12.0. The Kier molecular flexibility index (Phi) is 4.78. The predicted octanol–water partition coefficient (Wildman–Crippen LogP) is 4.19. The number of hydrogen-bond acceptors (Lipinski definition) is 3. The minimum Gasteiger partial charge on any atom is -0.490 e. The van der Waals surface area contributed by atoms with E-state index in [0.717, 1.165) is 6.07 Å². The highest BCUT2D eigenvalue weighted by molar-refractivity contribution is 6.04. The van der Waals surface area contributed by atoms with Crippen molar-refractivity contribution < 1.29 is 22.7 Å². The average molecular weight is 362 g/mol. The molecule has 0 saturated carbocycles. The number of halogens is 3. The van der Waals surface area contributed by atoms with Crippen LogP contribution >= 0.6 is 0 Å². The van der Waals surface area contributed by atoms with E-state index >= 15 is 0 Å². The van der Waals surface area contributed by atoms with Crippen LogP contribution in [0.1, 0.15) is 0 Å². The first kappa shape index (κ1) is 17.3. The minimum absolute atomic E-state index is 0.157. The molecule has 3 N–H and O–H groups in total. The van der Waals surface area contributed by atoms with E-state index in [1.807, 2.05) is 0 Å². The van der Waals surface area contributed by atoms with Crippen LogP contribution in [0.2, 0.25) is 0 Å². The van der Waals surface area contributed by atoms with Crippen molar-refractivity contribution in [1.29, 1.82) is 0 Å². The molecule has 1 aromatic heterocycles. The number of benzene rings is 2. The van der Waals surface area contributed by atoms with E-state index in [0.29, 0.717) is 29.3 Å². The molecule has 0 radical (unpaired) electrons. The number of H-pyrrole nitrogens is 1. The summed E-state index contributed by atoms with van der Waals surface area (Å²) in [6.45, 7) is 3.86. The second kappa shape index (κ2) is 7.18. The first-order chi connectivity index (χ1) is 12.5. The fourth-order valence-electron chi connectivity index (χ4n) is 2.22. The lowest BCUT2D eigenvalue weighted by molar-refractivity contribution is 0.262. The number of carbonyl (C=O) groups excluding carboxylic acids is 1. The number of nitrogens with one attached hydrogen (secondary N) is 3. The molecule has 3 rings (SSSR count). The number of rotatable bonds is 5. The largest absolute Gasteiger partial charge is 0.490 e. The Labute approximate surface area is 145 Å². The van der Waals surface area contributed by atoms with Gasteiger partial charge in [0.05, 0.1) is 11.2 Å². The minimum atomic E-state index is -1.67. The molecule has 2 aromatic carbocycles. The quantitative estimate of drug-likeness (QED) is 0.470. The van der Waals surface area contributed by atoms with Crippen molar-refractivity contribution in [3.8, 4) is 5.75 Å². The normalized spacial score (nSPS) is 10.6. The summed E-state index contributed by atoms with van der Waals surface area (Å²) in [6, 6.07) is 5.82. The van der Waals surface area contributed by atoms with E-state index in [2.05, 4.69) is 27.4 Å². The van der Waals surface area contributed by atoms with Crippen LogP contribution in [0.4, 0.5) is 29.5 Å². The Morgan fingerprint density at radius 3 is 2.77 bits per heavy atom. The summed E-state index contributed by atoms with van der Waals surface area (Å²) in [5.41, 5.74) is 0.126. The van der Waals surface area contributed by atoms with Crippen molar-refractivity contribution in [3.63, 3.8) is 0 Å². The Balaban J connectivity index is 1.79. The molecule has 0 aliphatic heterocycles. The van der Waals surface area contributed by atoms with Crippen LogP contribution in [0.5, 0.6) is 5.75 Å². The zero-order valence-corrected chi connectivity index (χ0v) is 13.3. The fraction of sp³-hybridized carbons (Fsp3) is 0.0588. The highest BCUT2D eigenvalue weighted by Crippen LogP contribution is 2.26. The topological polar surface area (TPSA) is 79.0 Å². The number of urea groups is 1. The Bertz CT molecular complexity index is 988. The maximum absolute atomic E-state index is 13.6. The van der Waals surface area contributed by atoms with Gasteiger partial charge in [-0.25, -0.2) is 18.0 Å². The number of aromatic amines is 1. The molecule has 6 nitrogen and oxygen atoms in total. The molecule has 134 valence electrons. The van der Waals surface area contributed by atoms with Gasteiger partial charge in [-0.05, 0) is 30.3 Å². The second-order valence-electron chi connectivity index (χ2n) is 5.18. The van der Waals surface area contributed by atoms with E-state index in [-0.39, 0.29) is 5.82 Å². The number of nitrogens with zero attached hydrogens (tertiary/aromatic N) is 1. The molecule has 0 spiro atoms. The van der Waals surface area contributed by atoms with Crippen molar-refractivity contribution in [3.05, 3.63) is 60.4 Å². The van der Waals surface area contributed by atoms with Gasteiger partial charge < -0.3 is 10.1 Å². The van der Waals surface area contributed by atoms with Gasteiger partial charge in [0.1, 0.15) is 12.4 Å². The number of hydrogen-bond donors (Lipinski definition) is 3. The third-order valence-electron chi connectivity index (χ3n) is 3.42. The predicted molar refractivity (Wildman–Crippen MR) is 90.7 cm³/mol. The lowest BCUT2D eigenvalue weighted by atomic mass is 10.2. The maximum Gasteiger partial charge on any atom is 0.324 e. The van der Waals surface area contributed by atoms with Crippen molar-refractivity contribution >= 4 is 28.4 Å². The maximum atomic E-state index is 13.6. The second-order valence-corrected chi connectivity index (χ2v) is 5.18. The van der Waals surface area contributed by atoms with Gasteiger partial charge in [0.2, 0.25) is 0 Å². The van der Waals surface area contributed by atoms with Gasteiger partial charge in [-0.1, -0.05) is 12.7 Å². The van der Waals surface area contributed by atoms with Gasteiger partial charge in [-0.15, -0.1) is 0 Å². The van der Waals surface area contributed by atoms with Crippen LogP contribution < -0.4 is 15.4 Å². The van der Waals surface area contributed by atoms with Crippen LogP contribution in [0.15, 0.2) is 43.0 Å². The van der Waals surface area contributed by atoms with Crippen LogP contribution in [-0.2, 0) is 0 Å². The van der Waals surface area contributed by atoms with Gasteiger partial charge in [-0.3, -0.25) is 10.4 Å². The zero-order chi connectivity index (χ0) is 18.7.